The number of ether oxygens (including phenoxy) is 5. The highest BCUT2D eigenvalue weighted by Gasteiger charge is 2.60. The molecule has 137 heavy (non-hydrogen) atoms. The van der Waals surface area contributed by atoms with Crippen molar-refractivity contribution in [3.05, 3.63) is 124 Å². The lowest BCUT2D eigenvalue weighted by Crippen LogP contribution is -2.51. The molecule has 1 aromatic carbocycles. The van der Waals surface area contributed by atoms with Gasteiger partial charge < -0.3 is 61.9 Å². The molecule has 5 aromatic rings. The number of esters is 1. The molecule has 0 spiro atoms. The minimum Gasteiger partial charge on any atom is -0.457 e. The molecular formula is C94H106N12O26P2Si3. The number of nitrogens with zero attached hydrogens (tertiary/aromatic N) is 9. The summed E-state index contributed by atoms with van der Waals surface area (Å²) in [4.78, 5) is 148. The molecule has 0 saturated carbocycles. The Hall–Kier alpha value is -12.6. The normalized spacial score (nSPS) is 20.2. The Morgan fingerprint density at radius 3 is 1.51 bits per heavy atom. The third-order valence-corrected chi connectivity index (χ3v) is 38.9. The monoisotopic (exact) mass is 1960 g/mol. The van der Waals surface area contributed by atoms with Gasteiger partial charge >= 0.3 is 33.0 Å². The summed E-state index contributed by atoms with van der Waals surface area (Å²) in [5.41, 5.74) is -4.10. The third-order valence-electron chi connectivity index (χ3n) is 22.5. The van der Waals surface area contributed by atoms with Crippen LogP contribution in [0.25, 0.3) is 20.9 Å². The Balaban J connectivity index is 1.24. The number of hydrogen-bond donors (Lipinski definition) is 4. The highest BCUT2D eigenvalue weighted by molar-refractivity contribution is 7.48. The Labute approximate surface area is 797 Å². The summed E-state index contributed by atoms with van der Waals surface area (Å²) in [6.45, 7) is 47.2. The van der Waals surface area contributed by atoms with Crippen LogP contribution in [0, 0.1) is 164 Å². The molecule has 8 rings (SSSR count). The number of ketones is 1. The number of phosphoric acid groups is 2. The van der Waals surface area contributed by atoms with Crippen LogP contribution >= 0.6 is 15.6 Å². The van der Waals surface area contributed by atoms with E-state index in [2.05, 4.69) is 165 Å². The van der Waals surface area contributed by atoms with E-state index in [4.69, 9.17) is 83.7 Å². The minimum absolute atomic E-state index is 0.0245. The van der Waals surface area contributed by atoms with Crippen molar-refractivity contribution < 1.29 is 102 Å². The summed E-state index contributed by atoms with van der Waals surface area (Å²) in [5.74, 6) is 44.3. The van der Waals surface area contributed by atoms with Crippen molar-refractivity contribution >= 4 is 93.0 Å². The van der Waals surface area contributed by atoms with Crippen LogP contribution in [0.1, 0.15) is 143 Å². The molecule has 5 unspecified atom stereocenters. The first-order chi connectivity index (χ1) is 64.3. The van der Waals surface area contributed by atoms with Gasteiger partial charge in [0.25, 0.3) is 17.0 Å². The minimum atomic E-state index is -5.58. The largest absolute Gasteiger partial charge is 0.475 e. The number of fused-ring (bicyclic) bond motifs is 1. The summed E-state index contributed by atoms with van der Waals surface area (Å²) in [6.07, 6.45) is -10.4. The maximum Gasteiger partial charge on any atom is 0.475 e. The molecule has 2 amide bonds. The van der Waals surface area contributed by atoms with Crippen molar-refractivity contribution in [2.45, 2.75) is 245 Å². The summed E-state index contributed by atoms with van der Waals surface area (Å²) >= 11 is 0. The van der Waals surface area contributed by atoms with Gasteiger partial charge in [-0.2, -0.15) is 14.5 Å². The number of carbonyl (C=O) groups is 5. The SMILES string of the molecule is [C-]#[N+]CCOP(=O)(OC[C@H]1O[C@@H](n2cnc3c(=O)[nH]c(NC(=O)C(C)C)nc32)[C@@H](O[Si](C)(C)C(C)(C)C)C1OP(=O)(OCC[N+]#[C-])OC[C@H]1O[C@@H](n2ccc(=O)n(C(=O)c3cc(C)c(C)c(OC#CC#CC#CC#CC#CC#CC#CC#CC#CC#CC#C)c3)c2=O)[C@@H](O[Si](C)(C)C(C)(C)C)C1OC(=O)CCC(C)=O)OC1[C@@H](CO)O[C@@H](n2ccc(NC(C)=O)nc2=O)[C@H]1O[Si](C)(C)C(C)(C)C. The molecule has 720 valence electrons. The van der Waals surface area contributed by atoms with E-state index < -0.39 is 240 Å². The number of terminal acetylenes is 1. The van der Waals surface area contributed by atoms with Gasteiger partial charge in [0, 0.05) is 114 Å². The molecule has 14 atom stereocenters. The lowest BCUT2D eigenvalue weighted by Gasteiger charge is -2.41. The molecule has 3 aliphatic rings. The van der Waals surface area contributed by atoms with Gasteiger partial charge in [-0.05, 0) is 152 Å². The molecule has 0 bridgehead atoms. The van der Waals surface area contributed by atoms with Crippen LogP contribution < -0.4 is 37.9 Å². The zero-order valence-electron chi connectivity index (χ0n) is 79.6. The quantitative estimate of drug-likeness (QED) is 0.00732. The van der Waals surface area contributed by atoms with Gasteiger partial charge in [0.1, 0.15) is 85.5 Å². The summed E-state index contributed by atoms with van der Waals surface area (Å²) in [7, 11) is -20.8. The number of aliphatic hydroxyl groups is 1. The molecule has 3 aliphatic heterocycles. The van der Waals surface area contributed by atoms with Crippen molar-refractivity contribution in [1.82, 2.24) is 38.2 Å². The van der Waals surface area contributed by atoms with Gasteiger partial charge in [-0.1, -0.05) is 76.2 Å². The van der Waals surface area contributed by atoms with Crippen molar-refractivity contribution in [2.75, 3.05) is 56.8 Å². The van der Waals surface area contributed by atoms with E-state index in [1.165, 1.54) is 42.8 Å². The van der Waals surface area contributed by atoms with Crippen LogP contribution in [-0.2, 0) is 87.7 Å². The van der Waals surface area contributed by atoms with Crippen LogP contribution in [0.4, 0.5) is 11.8 Å². The number of aromatic nitrogens is 8. The van der Waals surface area contributed by atoms with Crippen LogP contribution in [0.2, 0.25) is 54.4 Å². The number of hydrogen-bond acceptors (Lipinski definition) is 29. The van der Waals surface area contributed by atoms with Gasteiger partial charge in [0.15, 0.2) is 60.9 Å². The maximum atomic E-state index is 16.7. The van der Waals surface area contributed by atoms with Gasteiger partial charge in [-0.15, -0.1) is 6.42 Å². The first-order valence-electron chi connectivity index (χ1n) is 42.7. The summed E-state index contributed by atoms with van der Waals surface area (Å²) < 4.78 is 128. The van der Waals surface area contributed by atoms with E-state index in [0.29, 0.717) is 15.7 Å². The van der Waals surface area contributed by atoms with E-state index >= 15 is 18.7 Å². The molecule has 0 radical (unpaired) electrons. The van der Waals surface area contributed by atoms with Gasteiger partial charge in [0.05, 0.1) is 32.6 Å². The number of imidazole rings is 1. The van der Waals surface area contributed by atoms with Crippen LogP contribution in [0.5, 0.6) is 5.75 Å². The number of aromatic amines is 1. The molecule has 0 aliphatic carbocycles. The molecule has 38 nitrogen and oxygen atoms in total. The average Bonchev–Trinajstić information content (AvgIpc) is 1.61. The Bertz CT molecular complexity index is 6660. The van der Waals surface area contributed by atoms with E-state index in [0.717, 1.165) is 27.7 Å². The van der Waals surface area contributed by atoms with Crippen LogP contribution in [0.3, 0.4) is 0 Å². The fourth-order valence-electron chi connectivity index (χ4n) is 12.3. The summed E-state index contributed by atoms with van der Waals surface area (Å²) in [5, 5.41) is 14.3. The molecule has 4 N–H and O–H groups in total. The number of carbonyl (C=O) groups excluding carboxylic acids is 5. The molecular weight excluding hydrogens is 1860 g/mol. The topological polar surface area (TPSA) is 444 Å². The van der Waals surface area contributed by atoms with E-state index in [1.807, 2.05) is 102 Å². The number of benzene rings is 1. The number of aryl methyl sites for hydroxylation is 1. The zero-order valence-corrected chi connectivity index (χ0v) is 84.3. The molecule has 3 saturated heterocycles. The second-order valence-electron chi connectivity index (χ2n) is 35.8. The molecule has 4 aromatic heterocycles. The van der Waals surface area contributed by atoms with E-state index in [9.17, 15) is 38.7 Å². The number of Topliss-reactive ketones (excluding diaryl/α,β-unsaturated/α-hetero) is 1. The van der Waals surface area contributed by atoms with E-state index in [1.54, 1.807) is 27.7 Å². The highest BCUT2D eigenvalue weighted by atomic mass is 31.2. The van der Waals surface area contributed by atoms with Crippen molar-refractivity contribution in [2.24, 2.45) is 5.92 Å². The fourth-order valence-corrected chi connectivity index (χ4v) is 18.9. The molecule has 7 heterocycles. The average molecular weight is 1970 g/mol. The zero-order chi connectivity index (χ0) is 101. The van der Waals surface area contributed by atoms with Crippen LogP contribution in [0.15, 0.2) is 62.2 Å². The number of amides is 2. The lowest BCUT2D eigenvalue weighted by molar-refractivity contribution is -0.156. The highest BCUT2D eigenvalue weighted by Crippen LogP contribution is 2.59. The first kappa shape index (κ1) is 110. The lowest BCUT2D eigenvalue weighted by atomic mass is 10.0. The summed E-state index contributed by atoms with van der Waals surface area (Å²) in [6, 6.07) is 4.86. The Morgan fingerprint density at radius 2 is 1.05 bits per heavy atom. The fraction of sp³-hybridized carbons (Fsp3) is 0.489. The standard InChI is InChI=1S/C94H106N12O26P2Si3/c1-25-26-27-28-29-30-31-32-33-34-35-36-37-38-39-40-41-42-43-44-53-119-68-57-67(56-63(4)65(68)6)85(114)106-73(110)48-52-104(91(106)116)87-79(130-135(19,20)92(8,9)10)76(127-74(111)46-45-64(5)108)70(125-87)59-122-134(118,121-55-50-96-18)129-78-71(126-88(81(78)132-137(23,24)94(14,15)16)105-61-97-75-82(105)100-89(102-84(75)113)101-83(112)62(2)3)60-123-133(117,120-54-49-95-17)128-77-69(58-107)124-86(80(77)131-136(21,22)93(11,12)13)103-51-47-72(98-66(7)109)99-90(103)115/h1,47-48,51-52,56-57,61-62,69-71,76-81,86-88,107H,45-46,49-50,54-55,58-60H2,2-16,19-24H3,(H,98,99,109,115)(H2,100,101,102,112,113)/t69-,70-,71-,76?,77?,78?,79+,80+,81+,86-,87-,88-,133?,134?/m1/s1. The van der Waals surface area contributed by atoms with Gasteiger partial charge in [0.2, 0.25) is 30.9 Å². The number of nitrogens with one attached hydrogen (secondary N) is 3. The van der Waals surface area contributed by atoms with Crippen molar-refractivity contribution in [1.29, 1.82) is 0 Å². The van der Waals surface area contributed by atoms with Crippen molar-refractivity contribution in [3.8, 4) is 137 Å². The molecule has 43 heteroatoms. The van der Waals surface area contributed by atoms with Crippen LogP contribution in [-0.4, -0.2) is 199 Å². The predicted octanol–water partition coefficient (Wildman–Crippen LogP) is 9.29. The Kier molecular flexibility index (Phi) is 38.4. The maximum absolute atomic E-state index is 16.7. The predicted molar refractivity (Wildman–Crippen MR) is 509 cm³/mol. The second kappa shape index (κ2) is 47.9. The number of H-pyrrole nitrogens is 1. The first-order valence-corrected chi connectivity index (χ1v) is 54.4. The smallest absolute Gasteiger partial charge is 0.457 e. The molecule has 3 fully saturated rings. The number of phosphoric ester groups is 2. The van der Waals surface area contributed by atoms with Gasteiger partial charge in [-0.25, -0.2) is 36.8 Å². The van der Waals surface area contributed by atoms with Crippen molar-refractivity contribution in [3.63, 3.8) is 0 Å². The number of rotatable bonds is 35. The van der Waals surface area contributed by atoms with Gasteiger partial charge in [-0.3, -0.25) is 79.9 Å². The Morgan fingerprint density at radius 1 is 0.599 bits per heavy atom. The number of anilines is 2. The third kappa shape index (κ3) is 29.5. The number of aliphatic hydroxyl groups excluding tert-OH is 1. The van der Waals surface area contributed by atoms with E-state index in [-0.39, 0.29) is 40.7 Å². The second-order valence-corrected chi connectivity index (χ2v) is 53.3.